The molecule has 1 amide bonds. The maximum Gasteiger partial charge on any atom is 0.272 e. The molecule has 1 aliphatic rings. The Hall–Kier alpha value is -2.55. The molecule has 1 atom stereocenters. The molecule has 0 fully saturated rings. The molecule has 2 aromatic rings. The summed E-state index contributed by atoms with van der Waals surface area (Å²) >= 11 is 0. The van der Waals surface area contributed by atoms with Crippen LogP contribution in [0, 0.1) is 0 Å². The first-order chi connectivity index (χ1) is 12.4. The number of halogens is 2. The monoisotopic (exact) mass is 382 g/mol. The summed E-state index contributed by atoms with van der Waals surface area (Å²) in [5.74, 6) is -0.485. The van der Waals surface area contributed by atoms with Crippen LogP contribution in [0.2, 0.25) is 0 Å². The summed E-state index contributed by atoms with van der Waals surface area (Å²) in [4.78, 5) is 16.4. The Morgan fingerprint density at radius 3 is 2.73 bits per heavy atom. The number of nitrogens with one attached hydrogen (secondary N) is 1. The third kappa shape index (κ3) is 3.98. The second kappa shape index (κ2) is 7.36. The van der Waals surface area contributed by atoms with E-state index in [-0.39, 0.29) is 28.5 Å². The van der Waals surface area contributed by atoms with Gasteiger partial charge in [0.05, 0.1) is 22.3 Å². The zero-order valence-electron chi connectivity index (χ0n) is 13.6. The number of benzene rings is 1. The minimum absolute atomic E-state index is 0.00375. The number of fused-ring (bicyclic) bond motifs is 1. The highest BCUT2D eigenvalue weighted by atomic mass is 32.2. The Balaban J connectivity index is 1.72. The molecule has 26 heavy (non-hydrogen) atoms. The maximum atomic E-state index is 12.4. The van der Waals surface area contributed by atoms with Gasteiger partial charge in [-0.05, 0) is 24.1 Å². The molecule has 0 spiro atoms. The molecule has 2 heterocycles. The SMILES string of the molecule is O=C(NC1CCS(=O)(=O)c2ccccc21)c1ccc(OCC(F)F)nc1. The fourth-order valence-corrected chi connectivity index (χ4v) is 4.35. The molecule has 6 nitrogen and oxygen atoms in total. The third-order valence-electron chi connectivity index (χ3n) is 3.97. The second-order valence-electron chi connectivity index (χ2n) is 5.76. The van der Waals surface area contributed by atoms with Crippen LogP contribution < -0.4 is 10.1 Å². The molecular formula is C17H16F2N2O4S. The number of nitrogens with zero attached hydrogens (tertiary/aromatic N) is 1. The van der Waals surface area contributed by atoms with Crippen LogP contribution in [0.5, 0.6) is 5.88 Å². The highest BCUT2D eigenvalue weighted by Crippen LogP contribution is 2.32. The van der Waals surface area contributed by atoms with Crippen molar-refractivity contribution in [2.45, 2.75) is 23.8 Å². The molecule has 1 aromatic carbocycles. The van der Waals surface area contributed by atoms with Gasteiger partial charge >= 0.3 is 0 Å². The zero-order chi connectivity index (χ0) is 18.7. The Morgan fingerprint density at radius 2 is 2.04 bits per heavy atom. The number of amides is 1. The average Bonchev–Trinajstić information content (AvgIpc) is 2.63. The molecule has 3 rings (SSSR count). The van der Waals surface area contributed by atoms with Crippen molar-refractivity contribution >= 4 is 15.7 Å². The van der Waals surface area contributed by atoms with Gasteiger partial charge in [-0.3, -0.25) is 4.79 Å². The molecule has 1 N–H and O–H groups in total. The minimum Gasteiger partial charge on any atom is -0.472 e. The second-order valence-corrected chi connectivity index (χ2v) is 7.84. The van der Waals surface area contributed by atoms with Crippen molar-refractivity contribution in [2.75, 3.05) is 12.4 Å². The number of sulfone groups is 1. The van der Waals surface area contributed by atoms with E-state index in [2.05, 4.69) is 10.3 Å². The molecule has 0 saturated heterocycles. The van der Waals surface area contributed by atoms with E-state index in [9.17, 15) is 22.0 Å². The number of carbonyl (C=O) groups is 1. The van der Waals surface area contributed by atoms with Crippen LogP contribution in [0.15, 0.2) is 47.5 Å². The summed E-state index contributed by atoms with van der Waals surface area (Å²) in [5, 5.41) is 2.79. The molecule has 0 radical (unpaired) electrons. The summed E-state index contributed by atoms with van der Waals surface area (Å²) in [7, 11) is -3.34. The predicted molar refractivity (Wildman–Crippen MR) is 89.1 cm³/mol. The Kier molecular flexibility index (Phi) is 5.17. The number of hydrogen-bond acceptors (Lipinski definition) is 5. The van der Waals surface area contributed by atoms with Crippen molar-refractivity contribution in [3.8, 4) is 5.88 Å². The molecule has 0 aliphatic carbocycles. The van der Waals surface area contributed by atoms with E-state index in [0.717, 1.165) is 0 Å². The summed E-state index contributed by atoms with van der Waals surface area (Å²) < 4.78 is 53.2. The Morgan fingerprint density at radius 1 is 1.27 bits per heavy atom. The molecule has 138 valence electrons. The van der Waals surface area contributed by atoms with Crippen molar-refractivity contribution in [2.24, 2.45) is 0 Å². The zero-order valence-corrected chi connectivity index (χ0v) is 14.4. The van der Waals surface area contributed by atoms with E-state index >= 15 is 0 Å². The molecule has 0 saturated carbocycles. The van der Waals surface area contributed by atoms with Gasteiger partial charge in [0.1, 0.15) is 0 Å². The lowest BCUT2D eigenvalue weighted by atomic mass is 10.0. The van der Waals surface area contributed by atoms with Crippen LogP contribution in [0.1, 0.15) is 28.4 Å². The van der Waals surface area contributed by atoms with Crippen LogP contribution in [-0.4, -0.2) is 38.1 Å². The lowest BCUT2D eigenvalue weighted by molar-refractivity contribution is 0.0794. The number of hydrogen-bond donors (Lipinski definition) is 1. The van der Waals surface area contributed by atoms with Gasteiger partial charge in [0.25, 0.3) is 12.3 Å². The molecule has 9 heteroatoms. The van der Waals surface area contributed by atoms with Crippen molar-refractivity contribution < 1.29 is 26.7 Å². The first-order valence-electron chi connectivity index (χ1n) is 7.86. The first kappa shape index (κ1) is 18.2. The third-order valence-corrected chi connectivity index (χ3v) is 5.78. The lowest BCUT2D eigenvalue weighted by Crippen LogP contribution is -2.33. The number of ether oxygens (including phenoxy) is 1. The normalized spacial score (nSPS) is 18.2. The van der Waals surface area contributed by atoms with Crippen molar-refractivity contribution in [3.63, 3.8) is 0 Å². The molecule has 0 bridgehead atoms. The minimum atomic E-state index is -3.34. The van der Waals surface area contributed by atoms with Gasteiger partial charge < -0.3 is 10.1 Å². The summed E-state index contributed by atoms with van der Waals surface area (Å²) in [6.45, 7) is -0.772. The van der Waals surface area contributed by atoms with Gasteiger partial charge in [0, 0.05) is 12.3 Å². The highest BCUT2D eigenvalue weighted by molar-refractivity contribution is 7.91. The van der Waals surface area contributed by atoms with E-state index in [1.54, 1.807) is 18.2 Å². The van der Waals surface area contributed by atoms with Gasteiger partial charge in [-0.25, -0.2) is 22.2 Å². The summed E-state index contributed by atoms with van der Waals surface area (Å²) in [6, 6.07) is 8.87. The Bertz CT molecular complexity index is 901. The van der Waals surface area contributed by atoms with E-state index in [1.807, 2.05) is 0 Å². The van der Waals surface area contributed by atoms with Crippen LogP contribution in [0.25, 0.3) is 0 Å². The smallest absolute Gasteiger partial charge is 0.272 e. The average molecular weight is 382 g/mol. The summed E-state index contributed by atoms with van der Waals surface area (Å²) in [5.41, 5.74) is 0.775. The number of pyridine rings is 1. The van der Waals surface area contributed by atoms with Crippen LogP contribution in [-0.2, 0) is 9.84 Å². The molecule has 1 aromatic heterocycles. The number of alkyl halides is 2. The van der Waals surface area contributed by atoms with E-state index in [0.29, 0.717) is 5.56 Å². The predicted octanol–water partition coefficient (Wildman–Crippen LogP) is 2.37. The van der Waals surface area contributed by atoms with Gasteiger partial charge in [-0.15, -0.1) is 0 Å². The molecular weight excluding hydrogens is 366 g/mol. The molecule has 1 unspecified atom stereocenters. The largest absolute Gasteiger partial charge is 0.472 e. The van der Waals surface area contributed by atoms with Gasteiger partial charge in [-0.1, -0.05) is 18.2 Å². The quantitative estimate of drug-likeness (QED) is 0.858. The number of carbonyl (C=O) groups excluding carboxylic acids is 1. The van der Waals surface area contributed by atoms with Crippen LogP contribution in [0.4, 0.5) is 8.78 Å². The van der Waals surface area contributed by atoms with Crippen LogP contribution >= 0.6 is 0 Å². The first-order valence-corrected chi connectivity index (χ1v) is 9.51. The standard InChI is InChI=1S/C17H16F2N2O4S/c18-15(19)10-25-16-6-5-11(9-20-16)17(22)21-13-7-8-26(23,24)14-4-2-1-3-12(13)14/h1-6,9,13,15H,7-8,10H2,(H,21,22). The van der Waals surface area contributed by atoms with E-state index in [4.69, 9.17) is 4.74 Å². The lowest BCUT2D eigenvalue weighted by Gasteiger charge is -2.26. The van der Waals surface area contributed by atoms with Gasteiger partial charge in [0.15, 0.2) is 16.4 Å². The molecule has 1 aliphatic heterocycles. The highest BCUT2D eigenvalue weighted by Gasteiger charge is 2.30. The van der Waals surface area contributed by atoms with Gasteiger partial charge in [0.2, 0.25) is 5.88 Å². The van der Waals surface area contributed by atoms with Crippen molar-refractivity contribution in [1.82, 2.24) is 10.3 Å². The Labute approximate surface area is 149 Å². The topological polar surface area (TPSA) is 85.4 Å². The van der Waals surface area contributed by atoms with E-state index in [1.165, 1.54) is 24.4 Å². The van der Waals surface area contributed by atoms with Crippen molar-refractivity contribution in [3.05, 3.63) is 53.7 Å². The number of aromatic nitrogens is 1. The fourth-order valence-electron chi connectivity index (χ4n) is 2.73. The number of rotatable bonds is 5. The van der Waals surface area contributed by atoms with Crippen molar-refractivity contribution in [1.29, 1.82) is 0 Å². The maximum absolute atomic E-state index is 12.4. The summed E-state index contributed by atoms with van der Waals surface area (Å²) in [6.07, 6.45) is -1.11. The van der Waals surface area contributed by atoms with E-state index < -0.39 is 34.8 Å². The van der Waals surface area contributed by atoms with Gasteiger partial charge in [-0.2, -0.15) is 0 Å². The van der Waals surface area contributed by atoms with Crippen LogP contribution in [0.3, 0.4) is 0 Å². The fraction of sp³-hybridized carbons (Fsp3) is 0.294.